The second-order valence-electron chi connectivity index (χ2n) is 6.39. The maximum absolute atomic E-state index is 13.4. The van der Waals surface area contributed by atoms with E-state index in [-0.39, 0.29) is 16.8 Å². The lowest BCUT2D eigenvalue weighted by atomic mass is 9.98. The third-order valence-electron chi connectivity index (χ3n) is 4.82. The summed E-state index contributed by atoms with van der Waals surface area (Å²) in [5.41, 5.74) is 2.51. The van der Waals surface area contributed by atoms with Crippen molar-refractivity contribution in [1.82, 2.24) is 10.2 Å². The summed E-state index contributed by atoms with van der Waals surface area (Å²) in [6.45, 7) is 0. The molecule has 1 amide bonds. The third kappa shape index (κ3) is 2.72. The molecule has 0 bridgehead atoms. The van der Waals surface area contributed by atoms with Gasteiger partial charge in [0, 0.05) is 5.02 Å². The Bertz CT molecular complexity index is 1300. The zero-order chi connectivity index (χ0) is 20.1. The largest absolute Gasteiger partial charge is 0.497 e. The summed E-state index contributed by atoms with van der Waals surface area (Å²) in [4.78, 5) is 28.1. The molecule has 4 aromatic rings. The number of aromatic nitrogens is 2. The first-order chi connectivity index (χ1) is 14.1. The molecule has 2 aromatic carbocycles. The minimum absolute atomic E-state index is 0.000778. The molecular formula is C20H12ClN3O4S. The van der Waals surface area contributed by atoms with Crippen LogP contribution in [-0.4, -0.2) is 23.2 Å². The zero-order valence-corrected chi connectivity index (χ0v) is 16.5. The van der Waals surface area contributed by atoms with E-state index < -0.39 is 11.9 Å². The zero-order valence-electron chi connectivity index (χ0n) is 15.0. The van der Waals surface area contributed by atoms with Crippen molar-refractivity contribution >= 4 is 44.9 Å². The first-order valence-electron chi connectivity index (χ1n) is 8.58. The van der Waals surface area contributed by atoms with Gasteiger partial charge in [-0.3, -0.25) is 14.5 Å². The Labute approximate surface area is 173 Å². The average Bonchev–Trinajstić information content (AvgIpc) is 3.35. The van der Waals surface area contributed by atoms with E-state index in [9.17, 15) is 9.59 Å². The van der Waals surface area contributed by atoms with E-state index in [1.54, 1.807) is 37.4 Å². The normalized spacial score (nSPS) is 15.7. The molecule has 5 rings (SSSR count). The van der Waals surface area contributed by atoms with Crippen molar-refractivity contribution < 1.29 is 13.9 Å². The summed E-state index contributed by atoms with van der Waals surface area (Å²) < 4.78 is 11.1. The topological polar surface area (TPSA) is 85.5 Å². The third-order valence-corrected chi connectivity index (χ3v) is 5.74. The van der Waals surface area contributed by atoms with Crippen LogP contribution in [-0.2, 0) is 0 Å². The lowest BCUT2D eigenvalue weighted by molar-refractivity contribution is 0.0970. The van der Waals surface area contributed by atoms with E-state index in [1.165, 1.54) is 21.7 Å². The van der Waals surface area contributed by atoms with Crippen molar-refractivity contribution in [3.8, 4) is 5.75 Å². The van der Waals surface area contributed by atoms with Crippen molar-refractivity contribution in [3.05, 3.63) is 80.1 Å². The minimum Gasteiger partial charge on any atom is -0.497 e. The van der Waals surface area contributed by atoms with Gasteiger partial charge in [-0.15, -0.1) is 10.2 Å². The second-order valence-corrected chi connectivity index (χ2v) is 7.63. The first-order valence-corrected chi connectivity index (χ1v) is 9.84. The van der Waals surface area contributed by atoms with Crippen molar-refractivity contribution in [1.29, 1.82) is 0 Å². The number of carbonyl (C=O) groups is 1. The summed E-state index contributed by atoms with van der Waals surface area (Å²) >= 11 is 7.29. The lowest BCUT2D eigenvalue weighted by Crippen LogP contribution is -2.29. The van der Waals surface area contributed by atoms with Crippen LogP contribution in [0.4, 0.5) is 5.13 Å². The number of rotatable bonds is 3. The predicted molar refractivity (Wildman–Crippen MR) is 109 cm³/mol. The minimum atomic E-state index is -0.698. The molecule has 7 nitrogen and oxygen atoms in total. The fourth-order valence-electron chi connectivity index (χ4n) is 3.52. The molecule has 0 radical (unpaired) electrons. The molecule has 1 unspecified atom stereocenters. The number of benzene rings is 2. The number of fused-ring (bicyclic) bond motifs is 2. The highest BCUT2D eigenvalue weighted by atomic mass is 35.5. The van der Waals surface area contributed by atoms with E-state index >= 15 is 0 Å². The fourth-order valence-corrected chi connectivity index (χ4v) is 4.27. The molecule has 0 saturated heterocycles. The number of ether oxygens (including phenoxy) is 1. The lowest BCUT2D eigenvalue weighted by Gasteiger charge is -2.22. The van der Waals surface area contributed by atoms with Crippen molar-refractivity contribution in [2.24, 2.45) is 0 Å². The Kier molecular flexibility index (Phi) is 4.11. The summed E-state index contributed by atoms with van der Waals surface area (Å²) in [6.07, 6.45) is 0. The van der Waals surface area contributed by atoms with Gasteiger partial charge in [0.1, 0.15) is 16.8 Å². The quantitative estimate of drug-likeness (QED) is 0.492. The van der Waals surface area contributed by atoms with E-state index in [0.717, 1.165) is 5.56 Å². The van der Waals surface area contributed by atoms with Crippen molar-refractivity contribution in [2.45, 2.75) is 6.04 Å². The predicted octanol–water partition coefficient (Wildman–Crippen LogP) is 4.06. The molecule has 0 fully saturated rings. The van der Waals surface area contributed by atoms with Crippen LogP contribution in [0.2, 0.25) is 5.02 Å². The highest BCUT2D eigenvalue weighted by Gasteiger charge is 2.44. The monoisotopic (exact) mass is 425 g/mol. The van der Waals surface area contributed by atoms with E-state index in [1.807, 2.05) is 12.1 Å². The van der Waals surface area contributed by atoms with Gasteiger partial charge in [0.2, 0.25) is 10.9 Å². The maximum Gasteiger partial charge on any atom is 0.297 e. The number of anilines is 1. The molecule has 1 aliphatic heterocycles. The van der Waals surface area contributed by atoms with Gasteiger partial charge in [-0.05, 0) is 35.9 Å². The first kappa shape index (κ1) is 17.8. The molecule has 3 heterocycles. The molecule has 0 spiro atoms. The van der Waals surface area contributed by atoms with Crippen LogP contribution >= 0.6 is 22.9 Å². The number of methoxy groups -OCH3 is 1. The molecular weight excluding hydrogens is 414 g/mol. The molecule has 2 aromatic heterocycles. The molecule has 29 heavy (non-hydrogen) atoms. The summed E-state index contributed by atoms with van der Waals surface area (Å²) in [5.74, 6) is 0.227. The highest BCUT2D eigenvalue weighted by Crippen LogP contribution is 2.41. The standard InChI is InChI=1S/C20H12ClN3O4S/c1-27-12-5-2-10(3-6-12)16-15-17(25)13-8-11(21)4-7-14(13)28-18(15)19(26)24(16)20-23-22-9-29-20/h2-9,16H,1H3. The number of halogens is 1. The summed E-state index contributed by atoms with van der Waals surface area (Å²) in [7, 11) is 1.57. The van der Waals surface area contributed by atoms with Crippen molar-refractivity contribution in [2.75, 3.05) is 12.0 Å². The Morgan fingerprint density at radius 1 is 1.17 bits per heavy atom. The van der Waals surface area contributed by atoms with E-state index in [2.05, 4.69) is 10.2 Å². The fraction of sp³-hybridized carbons (Fsp3) is 0.100. The smallest absolute Gasteiger partial charge is 0.297 e. The van der Waals surface area contributed by atoms with Crippen LogP contribution in [0.5, 0.6) is 5.75 Å². The van der Waals surface area contributed by atoms with E-state index in [0.29, 0.717) is 26.9 Å². The molecule has 0 saturated carbocycles. The van der Waals surface area contributed by atoms with E-state index in [4.69, 9.17) is 20.8 Å². The van der Waals surface area contributed by atoms with Crippen LogP contribution in [0.3, 0.4) is 0 Å². The molecule has 0 N–H and O–H groups in total. The molecule has 1 atom stereocenters. The Morgan fingerprint density at radius 3 is 2.66 bits per heavy atom. The number of carbonyl (C=O) groups excluding carboxylic acids is 1. The Hall–Kier alpha value is -3.23. The van der Waals surface area contributed by atoms with Crippen LogP contribution in [0, 0.1) is 0 Å². The number of hydrogen-bond donors (Lipinski definition) is 0. The van der Waals surface area contributed by atoms with Crippen LogP contribution in [0.15, 0.2) is 57.2 Å². The van der Waals surface area contributed by atoms with Crippen LogP contribution in [0.25, 0.3) is 11.0 Å². The average molecular weight is 426 g/mol. The van der Waals surface area contributed by atoms with Gasteiger partial charge in [0.15, 0.2) is 5.43 Å². The van der Waals surface area contributed by atoms with Gasteiger partial charge in [0.05, 0.1) is 24.1 Å². The van der Waals surface area contributed by atoms with Crippen molar-refractivity contribution in [3.63, 3.8) is 0 Å². The van der Waals surface area contributed by atoms with Gasteiger partial charge < -0.3 is 9.15 Å². The molecule has 9 heteroatoms. The highest BCUT2D eigenvalue weighted by molar-refractivity contribution is 7.13. The number of amides is 1. The van der Waals surface area contributed by atoms with Gasteiger partial charge in [-0.2, -0.15) is 0 Å². The molecule has 144 valence electrons. The number of nitrogens with zero attached hydrogens (tertiary/aromatic N) is 3. The second kappa shape index (κ2) is 6.68. The van der Waals surface area contributed by atoms with Gasteiger partial charge >= 0.3 is 0 Å². The SMILES string of the molecule is COc1ccc(C2c3c(oc4ccc(Cl)cc4c3=O)C(=O)N2c2nncs2)cc1. The molecule has 0 aliphatic carbocycles. The van der Waals surface area contributed by atoms with Gasteiger partial charge in [-0.25, -0.2) is 0 Å². The Balaban J connectivity index is 1.80. The van der Waals surface area contributed by atoms with Gasteiger partial charge in [-0.1, -0.05) is 35.1 Å². The summed E-state index contributed by atoms with van der Waals surface area (Å²) in [5, 5.41) is 8.99. The Morgan fingerprint density at radius 2 is 1.97 bits per heavy atom. The van der Waals surface area contributed by atoms with Crippen LogP contribution < -0.4 is 15.1 Å². The van der Waals surface area contributed by atoms with Crippen LogP contribution in [0.1, 0.15) is 27.7 Å². The summed E-state index contributed by atoms with van der Waals surface area (Å²) in [6, 6.07) is 11.2. The maximum atomic E-state index is 13.4. The number of hydrogen-bond acceptors (Lipinski definition) is 7. The molecule has 1 aliphatic rings. The van der Waals surface area contributed by atoms with Gasteiger partial charge in [0.25, 0.3) is 5.91 Å².